The molecule has 1 aliphatic rings. The molecule has 0 saturated heterocycles. The predicted octanol–water partition coefficient (Wildman–Crippen LogP) is 3.83. The number of amides is 1. The van der Waals surface area contributed by atoms with Crippen LogP contribution in [-0.2, 0) is 4.79 Å². The summed E-state index contributed by atoms with van der Waals surface area (Å²) >= 11 is 1.20. The van der Waals surface area contributed by atoms with Gasteiger partial charge in [0.1, 0.15) is 5.00 Å². The van der Waals surface area contributed by atoms with Crippen molar-refractivity contribution in [3.63, 3.8) is 0 Å². The first-order chi connectivity index (χ1) is 9.71. The Balaban J connectivity index is 2.10. The molecule has 0 spiro atoms. The smallest absolute Gasteiger partial charge is 0.338 e. The van der Waals surface area contributed by atoms with E-state index in [2.05, 4.69) is 5.32 Å². The van der Waals surface area contributed by atoms with Crippen LogP contribution in [-0.4, -0.2) is 22.9 Å². The third-order valence-corrected chi connectivity index (χ3v) is 5.05. The van der Waals surface area contributed by atoms with Gasteiger partial charge in [0.05, 0.1) is 5.56 Å². The topological polar surface area (TPSA) is 66.4 Å². The van der Waals surface area contributed by atoms with Gasteiger partial charge in [-0.05, 0) is 32.3 Å². The Kier molecular flexibility index (Phi) is 4.32. The molecule has 2 rings (SSSR count). The molecule has 0 aromatic carbocycles. The molecule has 0 aliphatic heterocycles. The number of nitrogens with one attached hydrogen (secondary N) is 1. The standard InChI is InChI=1S/C14H17F2NO3S/c1-7-8(2)21-12(10(7)13(19)20)17-11(18)9-3-5-14(15,16)6-4-9/h9H,3-6H2,1-2H3,(H,17,18)(H,19,20). The van der Waals surface area contributed by atoms with Crippen molar-refractivity contribution < 1.29 is 23.5 Å². The second-order valence-corrected chi connectivity index (χ2v) is 6.64. The summed E-state index contributed by atoms with van der Waals surface area (Å²) in [4.78, 5) is 24.2. The van der Waals surface area contributed by atoms with Crippen molar-refractivity contribution >= 4 is 28.2 Å². The first-order valence-corrected chi connectivity index (χ1v) is 7.55. The van der Waals surface area contributed by atoms with Gasteiger partial charge in [0.25, 0.3) is 0 Å². The lowest BCUT2D eigenvalue weighted by molar-refractivity contribution is -0.123. The predicted molar refractivity (Wildman–Crippen MR) is 76.3 cm³/mol. The number of carboxylic acid groups (broad SMARTS) is 1. The van der Waals surface area contributed by atoms with Crippen LogP contribution in [0.2, 0.25) is 0 Å². The second-order valence-electron chi connectivity index (χ2n) is 5.41. The summed E-state index contributed by atoms with van der Waals surface area (Å²) in [5.74, 6) is -4.62. The molecule has 1 heterocycles. The average molecular weight is 317 g/mol. The molecule has 0 atom stereocenters. The van der Waals surface area contributed by atoms with Crippen LogP contribution < -0.4 is 5.32 Å². The Labute approximate surface area is 125 Å². The third-order valence-electron chi connectivity index (χ3n) is 3.92. The van der Waals surface area contributed by atoms with Gasteiger partial charge in [0.2, 0.25) is 11.8 Å². The summed E-state index contributed by atoms with van der Waals surface area (Å²) in [6.45, 7) is 3.47. The number of hydrogen-bond acceptors (Lipinski definition) is 3. The van der Waals surface area contributed by atoms with Crippen LogP contribution in [0, 0.1) is 19.8 Å². The summed E-state index contributed by atoms with van der Waals surface area (Å²) in [6, 6.07) is 0. The number of alkyl halides is 2. The minimum Gasteiger partial charge on any atom is -0.478 e. The van der Waals surface area contributed by atoms with E-state index in [1.807, 2.05) is 0 Å². The van der Waals surface area contributed by atoms with Crippen LogP contribution in [0.3, 0.4) is 0 Å². The first-order valence-electron chi connectivity index (χ1n) is 6.73. The lowest BCUT2D eigenvalue weighted by atomic mass is 9.86. The lowest BCUT2D eigenvalue weighted by Crippen LogP contribution is -2.31. The molecule has 2 N–H and O–H groups in total. The monoisotopic (exact) mass is 317 g/mol. The van der Waals surface area contributed by atoms with Crippen molar-refractivity contribution in [2.45, 2.75) is 45.5 Å². The molecule has 0 radical (unpaired) electrons. The van der Waals surface area contributed by atoms with Gasteiger partial charge in [-0.1, -0.05) is 0 Å². The summed E-state index contributed by atoms with van der Waals surface area (Å²) in [5, 5.41) is 12.1. The molecule has 1 saturated carbocycles. The molecule has 21 heavy (non-hydrogen) atoms. The van der Waals surface area contributed by atoms with E-state index in [0.29, 0.717) is 10.6 Å². The summed E-state index contributed by atoms with van der Waals surface area (Å²) in [6.07, 6.45) is -0.325. The van der Waals surface area contributed by atoms with Gasteiger partial charge in [0.15, 0.2) is 0 Å². The van der Waals surface area contributed by atoms with E-state index < -0.39 is 17.8 Å². The highest BCUT2D eigenvalue weighted by Gasteiger charge is 2.37. The minimum absolute atomic E-state index is 0.0898. The molecule has 1 fully saturated rings. The molecule has 1 amide bonds. The van der Waals surface area contributed by atoms with E-state index in [4.69, 9.17) is 0 Å². The first kappa shape index (κ1) is 15.9. The number of carbonyl (C=O) groups excluding carboxylic acids is 1. The molecular weight excluding hydrogens is 300 g/mol. The highest BCUT2D eigenvalue weighted by Crippen LogP contribution is 2.38. The fourth-order valence-corrected chi connectivity index (χ4v) is 3.54. The van der Waals surface area contributed by atoms with E-state index in [0.717, 1.165) is 4.88 Å². The average Bonchev–Trinajstić information content (AvgIpc) is 2.64. The Hall–Kier alpha value is -1.50. The summed E-state index contributed by atoms with van der Waals surface area (Å²) < 4.78 is 26.2. The van der Waals surface area contributed by atoms with Gasteiger partial charge in [-0.25, -0.2) is 13.6 Å². The normalized spacial score (nSPS) is 18.5. The number of carboxylic acids is 1. The Bertz CT molecular complexity index is 573. The number of thiophene rings is 1. The van der Waals surface area contributed by atoms with E-state index in [9.17, 15) is 23.5 Å². The van der Waals surface area contributed by atoms with E-state index >= 15 is 0 Å². The Morgan fingerprint density at radius 2 is 1.86 bits per heavy atom. The summed E-state index contributed by atoms with van der Waals surface area (Å²) in [5.41, 5.74) is 0.713. The maximum Gasteiger partial charge on any atom is 0.338 e. The van der Waals surface area contributed by atoms with Crippen molar-refractivity contribution in [1.82, 2.24) is 0 Å². The highest BCUT2D eigenvalue weighted by molar-refractivity contribution is 7.16. The largest absolute Gasteiger partial charge is 0.478 e. The fourth-order valence-electron chi connectivity index (χ4n) is 2.49. The molecule has 0 bridgehead atoms. The highest BCUT2D eigenvalue weighted by atomic mass is 32.1. The number of anilines is 1. The zero-order valence-electron chi connectivity index (χ0n) is 11.8. The van der Waals surface area contributed by atoms with Crippen molar-refractivity contribution in [1.29, 1.82) is 0 Å². The van der Waals surface area contributed by atoms with Crippen LogP contribution in [0.4, 0.5) is 13.8 Å². The van der Waals surface area contributed by atoms with E-state index in [1.165, 1.54) is 11.3 Å². The molecule has 116 valence electrons. The maximum atomic E-state index is 13.1. The molecule has 1 aromatic heterocycles. The van der Waals surface area contributed by atoms with Crippen LogP contribution in [0.25, 0.3) is 0 Å². The van der Waals surface area contributed by atoms with E-state index in [-0.39, 0.29) is 37.2 Å². The Morgan fingerprint density at radius 1 is 1.29 bits per heavy atom. The molecular formula is C14H17F2NO3S. The van der Waals surface area contributed by atoms with Crippen molar-refractivity contribution in [2.75, 3.05) is 5.32 Å². The minimum atomic E-state index is -2.68. The lowest BCUT2D eigenvalue weighted by Gasteiger charge is -2.27. The van der Waals surface area contributed by atoms with Gasteiger partial charge in [-0.3, -0.25) is 4.79 Å². The maximum absolute atomic E-state index is 13.1. The SMILES string of the molecule is Cc1sc(NC(=O)C2CCC(F)(F)CC2)c(C(=O)O)c1C. The number of halogens is 2. The van der Waals surface area contributed by atoms with Gasteiger partial charge in [0, 0.05) is 23.6 Å². The second kappa shape index (κ2) is 5.71. The van der Waals surface area contributed by atoms with E-state index in [1.54, 1.807) is 13.8 Å². The zero-order chi connectivity index (χ0) is 15.8. The quantitative estimate of drug-likeness (QED) is 0.890. The zero-order valence-corrected chi connectivity index (χ0v) is 12.7. The van der Waals surface area contributed by atoms with Crippen LogP contribution >= 0.6 is 11.3 Å². The fraction of sp³-hybridized carbons (Fsp3) is 0.571. The molecule has 0 unspecified atom stereocenters. The number of aryl methyl sites for hydroxylation is 1. The number of aromatic carboxylic acids is 1. The summed E-state index contributed by atoms with van der Waals surface area (Å²) in [7, 11) is 0. The number of rotatable bonds is 3. The third kappa shape index (κ3) is 3.40. The van der Waals surface area contributed by atoms with Gasteiger partial charge in [-0.15, -0.1) is 11.3 Å². The van der Waals surface area contributed by atoms with Crippen LogP contribution in [0.1, 0.15) is 46.5 Å². The molecule has 1 aliphatic carbocycles. The molecule has 7 heteroatoms. The van der Waals surface area contributed by atoms with Crippen molar-refractivity contribution in [2.24, 2.45) is 5.92 Å². The van der Waals surface area contributed by atoms with Crippen LogP contribution in [0.15, 0.2) is 0 Å². The van der Waals surface area contributed by atoms with Crippen molar-refractivity contribution in [3.8, 4) is 0 Å². The van der Waals surface area contributed by atoms with Gasteiger partial charge < -0.3 is 10.4 Å². The number of carbonyl (C=O) groups is 2. The van der Waals surface area contributed by atoms with Crippen LogP contribution in [0.5, 0.6) is 0 Å². The van der Waals surface area contributed by atoms with Gasteiger partial charge >= 0.3 is 5.97 Å². The van der Waals surface area contributed by atoms with Gasteiger partial charge in [-0.2, -0.15) is 0 Å². The number of hydrogen-bond donors (Lipinski definition) is 2. The van der Waals surface area contributed by atoms with Crippen molar-refractivity contribution in [3.05, 3.63) is 16.0 Å². The molecule has 1 aromatic rings. The Morgan fingerprint density at radius 3 is 2.38 bits per heavy atom. The molecule has 4 nitrogen and oxygen atoms in total.